The number of rotatable bonds is 5. The number of anilines is 1. The summed E-state index contributed by atoms with van der Waals surface area (Å²) in [6.07, 6.45) is 0. The minimum Gasteiger partial charge on any atom is -0.494 e. The number of halogens is 1. The van der Waals surface area contributed by atoms with Crippen LogP contribution in [0.5, 0.6) is 5.75 Å². The Balaban J connectivity index is 1.43. The van der Waals surface area contributed by atoms with Crippen LogP contribution < -0.4 is 15.4 Å². The highest BCUT2D eigenvalue weighted by atomic mass is 32.1. The molecule has 1 aromatic heterocycles. The molecule has 0 atom stereocenters. The molecule has 4 aromatic rings. The van der Waals surface area contributed by atoms with E-state index in [1.54, 1.807) is 54.6 Å². The quantitative estimate of drug-likeness (QED) is 0.460. The number of amides is 1. The van der Waals surface area contributed by atoms with Gasteiger partial charge in [0, 0.05) is 11.3 Å². The highest BCUT2D eigenvalue weighted by Gasteiger charge is 2.10. The smallest absolute Gasteiger partial charge is 0.257 e. The Morgan fingerprint density at radius 1 is 1.03 bits per heavy atom. The molecule has 7 nitrogen and oxygen atoms in total. The monoisotopic (exact) mass is 435 g/mol. The summed E-state index contributed by atoms with van der Waals surface area (Å²) < 4.78 is 18.5. The van der Waals surface area contributed by atoms with E-state index >= 15 is 0 Å². The molecule has 9 heteroatoms. The van der Waals surface area contributed by atoms with Crippen molar-refractivity contribution < 1.29 is 13.9 Å². The van der Waals surface area contributed by atoms with Crippen molar-refractivity contribution in [3.05, 3.63) is 78.1 Å². The molecule has 0 fully saturated rings. The van der Waals surface area contributed by atoms with Gasteiger partial charge in [-0.2, -0.15) is 4.80 Å². The molecular weight excluding hydrogens is 417 g/mol. The lowest BCUT2D eigenvalue weighted by Crippen LogP contribution is -2.34. The first-order valence-corrected chi connectivity index (χ1v) is 9.91. The number of ether oxygens (including phenoxy) is 1. The summed E-state index contributed by atoms with van der Waals surface area (Å²) in [5, 5.41) is 14.6. The summed E-state index contributed by atoms with van der Waals surface area (Å²) in [5.41, 5.74) is 3.04. The molecule has 4 rings (SSSR count). The second kappa shape index (κ2) is 8.88. The van der Waals surface area contributed by atoms with E-state index in [9.17, 15) is 9.18 Å². The third kappa shape index (κ3) is 4.84. The van der Waals surface area contributed by atoms with Gasteiger partial charge in [0.2, 0.25) is 0 Å². The van der Waals surface area contributed by atoms with Crippen LogP contribution in [0.1, 0.15) is 17.3 Å². The maximum absolute atomic E-state index is 13.1. The first kappa shape index (κ1) is 20.4. The third-order valence-electron chi connectivity index (χ3n) is 4.35. The fourth-order valence-corrected chi connectivity index (χ4v) is 3.10. The van der Waals surface area contributed by atoms with Crippen molar-refractivity contribution in [1.82, 2.24) is 20.3 Å². The van der Waals surface area contributed by atoms with Gasteiger partial charge in [0.05, 0.1) is 12.3 Å². The molecule has 0 aliphatic carbocycles. The zero-order valence-corrected chi connectivity index (χ0v) is 17.3. The van der Waals surface area contributed by atoms with Crippen LogP contribution in [-0.4, -0.2) is 32.6 Å². The van der Waals surface area contributed by atoms with Crippen molar-refractivity contribution in [3.8, 4) is 11.4 Å². The second-order valence-electron chi connectivity index (χ2n) is 6.53. The highest BCUT2D eigenvalue weighted by molar-refractivity contribution is 7.80. The molecule has 31 heavy (non-hydrogen) atoms. The Kier molecular flexibility index (Phi) is 5.85. The number of nitrogens with one attached hydrogen (secondary N) is 2. The average Bonchev–Trinajstić information content (AvgIpc) is 3.18. The molecule has 3 aromatic carbocycles. The van der Waals surface area contributed by atoms with Crippen LogP contribution in [0.2, 0.25) is 0 Å². The zero-order valence-electron chi connectivity index (χ0n) is 16.5. The number of hydrogen-bond donors (Lipinski definition) is 2. The lowest BCUT2D eigenvalue weighted by Gasteiger charge is -2.10. The second-order valence-corrected chi connectivity index (χ2v) is 6.94. The van der Waals surface area contributed by atoms with Gasteiger partial charge >= 0.3 is 0 Å². The molecule has 0 saturated carbocycles. The predicted octanol–water partition coefficient (Wildman–Crippen LogP) is 4.09. The van der Waals surface area contributed by atoms with Crippen molar-refractivity contribution in [3.63, 3.8) is 0 Å². The van der Waals surface area contributed by atoms with E-state index in [1.807, 2.05) is 6.92 Å². The minimum absolute atomic E-state index is 0.157. The maximum atomic E-state index is 13.1. The number of fused-ring (bicyclic) bond motifs is 1. The van der Waals surface area contributed by atoms with Gasteiger partial charge < -0.3 is 10.1 Å². The zero-order chi connectivity index (χ0) is 21.8. The van der Waals surface area contributed by atoms with Crippen LogP contribution in [0, 0.1) is 5.82 Å². The Morgan fingerprint density at radius 2 is 1.74 bits per heavy atom. The van der Waals surface area contributed by atoms with Crippen molar-refractivity contribution in [2.75, 3.05) is 11.9 Å². The molecular formula is C22H18FN5O2S. The number of nitrogens with zero attached hydrogens (tertiary/aromatic N) is 3. The first-order valence-electron chi connectivity index (χ1n) is 9.50. The van der Waals surface area contributed by atoms with E-state index in [0.717, 1.165) is 0 Å². The number of benzene rings is 3. The van der Waals surface area contributed by atoms with Gasteiger partial charge in [0.15, 0.2) is 5.11 Å². The van der Waals surface area contributed by atoms with Crippen molar-refractivity contribution in [1.29, 1.82) is 0 Å². The number of thiocarbonyl (C=S) groups is 1. The minimum atomic E-state index is -0.330. The van der Waals surface area contributed by atoms with E-state index in [1.165, 1.54) is 16.9 Å². The van der Waals surface area contributed by atoms with Crippen LogP contribution >= 0.6 is 12.2 Å². The van der Waals surface area contributed by atoms with E-state index in [0.29, 0.717) is 40.3 Å². The van der Waals surface area contributed by atoms with Crippen molar-refractivity contribution in [2.45, 2.75) is 6.92 Å². The summed E-state index contributed by atoms with van der Waals surface area (Å²) in [4.78, 5) is 13.8. The molecule has 2 N–H and O–H groups in total. The van der Waals surface area contributed by atoms with Crippen molar-refractivity contribution in [2.24, 2.45) is 0 Å². The van der Waals surface area contributed by atoms with E-state index in [2.05, 4.69) is 20.8 Å². The number of aromatic nitrogens is 3. The summed E-state index contributed by atoms with van der Waals surface area (Å²) in [7, 11) is 0. The van der Waals surface area contributed by atoms with Gasteiger partial charge in [-0.15, -0.1) is 10.2 Å². The summed E-state index contributed by atoms with van der Waals surface area (Å²) in [6.45, 7) is 2.45. The molecule has 0 spiro atoms. The third-order valence-corrected chi connectivity index (χ3v) is 4.55. The molecule has 0 saturated heterocycles. The van der Waals surface area contributed by atoms with Gasteiger partial charge in [0.1, 0.15) is 22.6 Å². The fraction of sp³-hybridized carbons (Fsp3) is 0.0909. The highest BCUT2D eigenvalue weighted by Crippen LogP contribution is 2.18. The van der Waals surface area contributed by atoms with E-state index < -0.39 is 0 Å². The molecule has 0 unspecified atom stereocenters. The van der Waals surface area contributed by atoms with E-state index in [-0.39, 0.29) is 16.8 Å². The summed E-state index contributed by atoms with van der Waals surface area (Å²) >= 11 is 5.25. The normalized spacial score (nSPS) is 10.6. The Morgan fingerprint density at radius 3 is 2.45 bits per heavy atom. The first-order chi connectivity index (χ1) is 15.0. The average molecular weight is 435 g/mol. The molecule has 0 radical (unpaired) electrons. The molecule has 1 heterocycles. The molecule has 156 valence electrons. The van der Waals surface area contributed by atoms with Gasteiger partial charge in [-0.05, 0) is 85.9 Å². The van der Waals surface area contributed by atoms with Gasteiger partial charge in [-0.3, -0.25) is 10.1 Å². The standard InChI is InChI=1S/C22H18FN5O2S/c1-2-30-18-10-3-14(4-11-18)21(29)25-22(31)24-16-7-12-19-20(13-16)27-28(26-19)17-8-5-15(23)6-9-17/h3-13H,2H2,1H3,(H2,24,25,29,31). The Hall–Kier alpha value is -3.85. The number of hydrogen-bond acceptors (Lipinski definition) is 5. The molecule has 0 aliphatic rings. The van der Waals surface area contributed by atoms with Crippen LogP contribution in [0.3, 0.4) is 0 Å². The Bertz CT molecular complexity index is 1240. The van der Waals surface area contributed by atoms with Crippen LogP contribution in [0.15, 0.2) is 66.7 Å². The fourth-order valence-electron chi connectivity index (χ4n) is 2.89. The van der Waals surface area contributed by atoms with E-state index in [4.69, 9.17) is 17.0 Å². The number of carbonyl (C=O) groups excluding carboxylic acids is 1. The lowest BCUT2D eigenvalue weighted by molar-refractivity contribution is 0.0977. The lowest BCUT2D eigenvalue weighted by atomic mass is 10.2. The molecule has 1 amide bonds. The SMILES string of the molecule is CCOc1ccc(C(=O)NC(=S)Nc2ccc3nn(-c4ccc(F)cc4)nc3c2)cc1. The van der Waals surface area contributed by atoms with Gasteiger partial charge in [-0.25, -0.2) is 4.39 Å². The van der Waals surface area contributed by atoms with Gasteiger partial charge in [-0.1, -0.05) is 0 Å². The molecule has 0 aliphatic heterocycles. The summed E-state index contributed by atoms with van der Waals surface area (Å²) in [6, 6.07) is 18.0. The predicted molar refractivity (Wildman–Crippen MR) is 120 cm³/mol. The summed E-state index contributed by atoms with van der Waals surface area (Å²) in [5.74, 6) is 0.0401. The maximum Gasteiger partial charge on any atom is 0.257 e. The van der Waals surface area contributed by atoms with Crippen LogP contribution in [0.4, 0.5) is 10.1 Å². The topological polar surface area (TPSA) is 81.1 Å². The van der Waals surface area contributed by atoms with Gasteiger partial charge in [0.25, 0.3) is 5.91 Å². The Labute approximate surface area is 182 Å². The largest absolute Gasteiger partial charge is 0.494 e. The number of carbonyl (C=O) groups is 1. The molecule has 0 bridgehead atoms. The van der Waals surface area contributed by atoms with Crippen LogP contribution in [-0.2, 0) is 0 Å². The van der Waals surface area contributed by atoms with Crippen molar-refractivity contribution >= 4 is 40.0 Å². The van der Waals surface area contributed by atoms with Crippen LogP contribution in [0.25, 0.3) is 16.7 Å².